The van der Waals surface area contributed by atoms with Gasteiger partial charge in [0.05, 0.1) is 18.9 Å². The highest BCUT2D eigenvalue weighted by atomic mass is 16.5. The van der Waals surface area contributed by atoms with Gasteiger partial charge in [-0.15, -0.1) is 0 Å². The smallest absolute Gasteiger partial charge is 0.159 e. The molecule has 1 aromatic carbocycles. The largest absolute Gasteiger partial charge is 0.497 e. The van der Waals surface area contributed by atoms with E-state index in [1.807, 2.05) is 24.3 Å². The molecule has 1 aromatic heterocycles. The van der Waals surface area contributed by atoms with Crippen LogP contribution in [0.5, 0.6) is 5.75 Å². The van der Waals surface area contributed by atoms with Crippen LogP contribution in [-0.2, 0) is 0 Å². The Morgan fingerprint density at radius 2 is 1.88 bits per heavy atom. The molecule has 0 aliphatic carbocycles. The predicted octanol–water partition coefficient (Wildman–Crippen LogP) is 2.21. The molecule has 1 N–H and O–H groups in total. The van der Waals surface area contributed by atoms with Gasteiger partial charge in [0.1, 0.15) is 5.75 Å². The van der Waals surface area contributed by atoms with Gasteiger partial charge >= 0.3 is 0 Å². The molecule has 1 atom stereocenters. The number of aliphatic hydroxyl groups is 1. The van der Waals surface area contributed by atoms with E-state index in [-0.39, 0.29) is 0 Å². The average molecular weight is 230 g/mol. The van der Waals surface area contributed by atoms with Crippen LogP contribution in [0.1, 0.15) is 18.7 Å². The summed E-state index contributed by atoms with van der Waals surface area (Å²) in [5.41, 5.74) is 1.51. The van der Waals surface area contributed by atoms with E-state index in [0.29, 0.717) is 11.5 Å². The molecule has 0 radical (unpaired) electrons. The Morgan fingerprint density at radius 3 is 2.47 bits per heavy atom. The van der Waals surface area contributed by atoms with Crippen molar-refractivity contribution in [1.82, 2.24) is 9.97 Å². The predicted molar refractivity (Wildman–Crippen MR) is 64.7 cm³/mol. The van der Waals surface area contributed by atoms with Crippen LogP contribution in [0, 0.1) is 0 Å². The first kappa shape index (κ1) is 11.5. The molecule has 0 saturated carbocycles. The van der Waals surface area contributed by atoms with Crippen LogP contribution in [0.15, 0.2) is 36.5 Å². The van der Waals surface area contributed by atoms with Crippen LogP contribution >= 0.6 is 0 Å². The van der Waals surface area contributed by atoms with Gasteiger partial charge in [-0.05, 0) is 37.3 Å². The van der Waals surface area contributed by atoms with Gasteiger partial charge in [-0.3, -0.25) is 0 Å². The molecule has 1 heterocycles. The Bertz CT molecular complexity index is 495. The number of ether oxygens (including phenoxy) is 1. The standard InChI is InChI=1S/C13H14N2O2/c1-9(16)12-7-8-14-13(15-12)10-3-5-11(17-2)6-4-10/h3-9,16H,1-2H3. The molecule has 0 spiro atoms. The van der Waals surface area contributed by atoms with Crippen molar-refractivity contribution in [1.29, 1.82) is 0 Å². The number of aliphatic hydroxyl groups excluding tert-OH is 1. The highest BCUT2D eigenvalue weighted by Gasteiger charge is 2.06. The number of benzene rings is 1. The Hall–Kier alpha value is -1.94. The molecule has 0 fully saturated rings. The fourth-order valence-corrected chi connectivity index (χ4v) is 1.48. The Kier molecular flexibility index (Phi) is 3.35. The van der Waals surface area contributed by atoms with Gasteiger partial charge in [-0.1, -0.05) is 0 Å². The van der Waals surface area contributed by atoms with E-state index in [9.17, 15) is 5.11 Å². The summed E-state index contributed by atoms with van der Waals surface area (Å²) in [4.78, 5) is 8.48. The van der Waals surface area contributed by atoms with Gasteiger partial charge in [-0.25, -0.2) is 9.97 Å². The minimum Gasteiger partial charge on any atom is -0.497 e. The lowest BCUT2D eigenvalue weighted by Gasteiger charge is -2.06. The van der Waals surface area contributed by atoms with E-state index in [1.165, 1.54) is 0 Å². The summed E-state index contributed by atoms with van der Waals surface area (Å²) < 4.78 is 5.09. The third kappa shape index (κ3) is 2.60. The maximum atomic E-state index is 9.47. The minimum atomic E-state index is -0.588. The quantitative estimate of drug-likeness (QED) is 0.878. The zero-order valence-electron chi connectivity index (χ0n) is 9.79. The van der Waals surface area contributed by atoms with Crippen molar-refractivity contribution in [3.63, 3.8) is 0 Å². The number of aromatic nitrogens is 2. The summed E-state index contributed by atoms with van der Waals surface area (Å²) in [7, 11) is 1.62. The molecular weight excluding hydrogens is 216 g/mol. The van der Waals surface area contributed by atoms with E-state index in [4.69, 9.17) is 4.74 Å². The molecule has 4 heteroatoms. The molecule has 4 nitrogen and oxygen atoms in total. The minimum absolute atomic E-state index is 0.588. The average Bonchev–Trinajstić information content (AvgIpc) is 2.39. The normalized spacial score (nSPS) is 12.2. The van der Waals surface area contributed by atoms with Gasteiger partial charge in [0.2, 0.25) is 0 Å². The lowest BCUT2D eigenvalue weighted by Crippen LogP contribution is -1.98. The van der Waals surface area contributed by atoms with E-state index in [1.54, 1.807) is 26.3 Å². The van der Waals surface area contributed by atoms with Crippen LogP contribution in [0.25, 0.3) is 11.4 Å². The summed E-state index contributed by atoms with van der Waals surface area (Å²) in [6.07, 6.45) is 1.06. The molecule has 1 unspecified atom stereocenters. The van der Waals surface area contributed by atoms with Crippen LogP contribution in [0.4, 0.5) is 0 Å². The second-order valence-corrected chi connectivity index (χ2v) is 3.71. The van der Waals surface area contributed by atoms with Crippen LogP contribution < -0.4 is 4.74 Å². The van der Waals surface area contributed by atoms with Crippen LogP contribution in [0.3, 0.4) is 0 Å². The molecule has 0 bridgehead atoms. The number of hydrogen-bond acceptors (Lipinski definition) is 4. The Morgan fingerprint density at radius 1 is 1.18 bits per heavy atom. The Labute approximate surface area is 99.9 Å². The first-order valence-electron chi connectivity index (χ1n) is 5.36. The third-order valence-corrected chi connectivity index (χ3v) is 2.45. The third-order valence-electron chi connectivity index (χ3n) is 2.45. The molecular formula is C13H14N2O2. The molecule has 17 heavy (non-hydrogen) atoms. The van der Waals surface area contributed by atoms with E-state index < -0.39 is 6.10 Å². The van der Waals surface area contributed by atoms with Gasteiger partial charge < -0.3 is 9.84 Å². The second-order valence-electron chi connectivity index (χ2n) is 3.71. The first-order chi connectivity index (χ1) is 8.20. The second kappa shape index (κ2) is 4.93. The summed E-state index contributed by atoms with van der Waals surface area (Å²) in [6.45, 7) is 1.68. The summed E-state index contributed by atoms with van der Waals surface area (Å²) in [5, 5.41) is 9.47. The molecule has 0 amide bonds. The van der Waals surface area contributed by atoms with Gasteiger partial charge in [0.25, 0.3) is 0 Å². The molecule has 0 saturated heterocycles. The first-order valence-corrected chi connectivity index (χ1v) is 5.36. The zero-order valence-corrected chi connectivity index (χ0v) is 9.79. The fourth-order valence-electron chi connectivity index (χ4n) is 1.48. The van der Waals surface area contributed by atoms with Gasteiger partial charge in [-0.2, -0.15) is 0 Å². The summed E-state index contributed by atoms with van der Waals surface area (Å²) >= 11 is 0. The summed E-state index contributed by atoms with van der Waals surface area (Å²) in [6, 6.07) is 9.19. The lowest BCUT2D eigenvalue weighted by atomic mass is 10.2. The van der Waals surface area contributed by atoms with Crippen molar-refractivity contribution in [3.05, 3.63) is 42.2 Å². The molecule has 0 aliphatic rings. The maximum absolute atomic E-state index is 9.47. The van der Waals surface area contributed by atoms with Crippen molar-refractivity contribution < 1.29 is 9.84 Å². The fraction of sp³-hybridized carbons (Fsp3) is 0.231. The van der Waals surface area contributed by atoms with E-state index in [0.717, 1.165) is 11.3 Å². The van der Waals surface area contributed by atoms with Crippen molar-refractivity contribution in [2.45, 2.75) is 13.0 Å². The molecule has 2 rings (SSSR count). The maximum Gasteiger partial charge on any atom is 0.159 e. The number of hydrogen-bond donors (Lipinski definition) is 1. The van der Waals surface area contributed by atoms with E-state index in [2.05, 4.69) is 9.97 Å². The highest BCUT2D eigenvalue weighted by molar-refractivity contribution is 5.56. The van der Waals surface area contributed by atoms with Gasteiger partial charge in [0.15, 0.2) is 5.82 Å². The zero-order chi connectivity index (χ0) is 12.3. The number of nitrogens with zero attached hydrogens (tertiary/aromatic N) is 2. The van der Waals surface area contributed by atoms with Crippen LogP contribution in [0.2, 0.25) is 0 Å². The molecule has 0 aliphatic heterocycles. The SMILES string of the molecule is COc1ccc(-c2nccc(C(C)O)n2)cc1. The lowest BCUT2D eigenvalue weighted by molar-refractivity contribution is 0.194. The molecule has 2 aromatic rings. The van der Waals surface area contributed by atoms with Crippen molar-refractivity contribution in [3.8, 4) is 17.1 Å². The van der Waals surface area contributed by atoms with Gasteiger partial charge in [0, 0.05) is 11.8 Å². The van der Waals surface area contributed by atoms with Crippen LogP contribution in [-0.4, -0.2) is 22.2 Å². The Balaban J connectivity index is 2.35. The number of rotatable bonds is 3. The number of methoxy groups -OCH3 is 1. The van der Waals surface area contributed by atoms with Crippen molar-refractivity contribution in [2.24, 2.45) is 0 Å². The van der Waals surface area contributed by atoms with E-state index >= 15 is 0 Å². The van der Waals surface area contributed by atoms with Crippen molar-refractivity contribution in [2.75, 3.05) is 7.11 Å². The van der Waals surface area contributed by atoms with Crippen molar-refractivity contribution >= 4 is 0 Å². The topological polar surface area (TPSA) is 55.2 Å². The monoisotopic (exact) mass is 230 g/mol. The summed E-state index contributed by atoms with van der Waals surface area (Å²) in [5.74, 6) is 1.39. The molecule has 88 valence electrons. The highest BCUT2D eigenvalue weighted by Crippen LogP contribution is 2.20.